The fraction of sp³-hybridized carbons (Fsp3) is 0.310. The molecule has 13 heteroatoms. The Bertz CT molecular complexity index is 1810. The third-order valence-corrected chi connectivity index (χ3v) is 8.96. The van der Waals surface area contributed by atoms with E-state index in [2.05, 4.69) is 5.32 Å². The number of benzene rings is 2. The van der Waals surface area contributed by atoms with Gasteiger partial charge in [0.15, 0.2) is 0 Å². The maximum absolute atomic E-state index is 13.6. The van der Waals surface area contributed by atoms with Crippen molar-refractivity contribution in [3.8, 4) is 11.1 Å². The fourth-order valence-electron chi connectivity index (χ4n) is 5.00. The zero-order valence-corrected chi connectivity index (χ0v) is 23.4. The number of sulfonamides is 1. The van der Waals surface area contributed by atoms with E-state index in [1.807, 2.05) is 0 Å². The van der Waals surface area contributed by atoms with E-state index in [-0.39, 0.29) is 42.1 Å². The zero-order chi connectivity index (χ0) is 30.4. The minimum absolute atomic E-state index is 0.0649. The molecule has 8 nitrogen and oxygen atoms in total. The zero-order valence-electron chi connectivity index (χ0n) is 22.6. The van der Waals surface area contributed by atoms with Crippen LogP contribution >= 0.6 is 0 Å². The first kappa shape index (κ1) is 29.5. The summed E-state index contributed by atoms with van der Waals surface area (Å²) in [6.07, 6.45) is -2.29. The predicted molar refractivity (Wildman–Crippen MR) is 146 cm³/mol. The van der Waals surface area contributed by atoms with Crippen molar-refractivity contribution in [1.82, 2.24) is 14.2 Å². The average molecular weight is 606 g/mol. The van der Waals surface area contributed by atoms with Gasteiger partial charge < -0.3 is 14.3 Å². The molecule has 1 amide bonds. The highest BCUT2D eigenvalue weighted by Gasteiger charge is 2.41. The van der Waals surface area contributed by atoms with Crippen LogP contribution in [0.3, 0.4) is 0 Å². The van der Waals surface area contributed by atoms with Gasteiger partial charge in [0.25, 0.3) is 15.6 Å². The van der Waals surface area contributed by atoms with Gasteiger partial charge >= 0.3 is 6.18 Å². The number of carbonyl (C=O) groups excluding carboxylic acids is 1. The Kier molecular flexibility index (Phi) is 7.75. The van der Waals surface area contributed by atoms with E-state index >= 15 is 0 Å². The molecule has 42 heavy (non-hydrogen) atoms. The van der Waals surface area contributed by atoms with Crippen molar-refractivity contribution in [1.29, 1.82) is 0 Å². The number of alkyl halides is 3. The van der Waals surface area contributed by atoms with Gasteiger partial charge in [-0.3, -0.25) is 9.59 Å². The Hall–Kier alpha value is -3.97. The molecule has 1 N–H and O–H groups in total. The van der Waals surface area contributed by atoms with Crippen LogP contribution < -0.4 is 10.9 Å². The fourth-order valence-corrected chi connectivity index (χ4v) is 6.61. The van der Waals surface area contributed by atoms with Crippen molar-refractivity contribution >= 4 is 26.9 Å². The van der Waals surface area contributed by atoms with E-state index in [4.69, 9.17) is 4.42 Å². The lowest BCUT2D eigenvalue weighted by Crippen LogP contribution is -2.46. The van der Waals surface area contributed by atoms with Crippen molar-refractivity contribution in [2.24, 2.45) is 0 Å². The molecule has 0 aliphatic carbocycles. The van der Waals surface area contributed by atoms with Crippen LogP contribution in [-0.2, 0) is 27.5 Å². The van der Waals surface area contributed by atoms with Gasteiger partial charge in [0.1, 0.15) is 17.4 Å². The molecule has 5 rings (SSSR count). The molecule has 0 unspecified atom stereocenters. The Labute approximate surface area is 238 Å². The lowest BCUT2D eigenvalue weighted by atomic mass is 10.0. The van der Waals surface area contributed by atoms with Gasteiger partial charge in [-0.2, -0.15) is 17.5 Å². The number of carbonyl (C=O) groups is 1. The van der Waals surface area contributed by atoms with Crippen molar-refractivity contribution in [3.05, 3.63) is 88.1 Å². The summed E-state index contributed by atoms with van der Waals surface area (Å²) in [5.41, 5.74) is 0.0929. The molecular formula is C29H27F4N3O5S. The molecule has 2 aromatic heterocycles. The number of hydrogen-bond donors (Lipinski definition) is 1. The van der Waals surface area contributed by atoms with E-state index in [0.29, 0.717) is 17.5 Å². The number of rotatable bonds is 7. The molecular weight excluding hydrogens is 578 g/mol. The van der Waals surface area contributed by atoms with E-state index in [0.717, 1.165) is 28.6 Å². The number of amides is 1. The Balaban J connectivity index is 1.38. The highest BCUT2D eigenvalue weighted by atomic mass is 32.2. The monoisotopic (exact) mass is 605 g/mol. The summed E-state index contributed by atoms with van der Waals surface area (Å²) >= 11 is 0. The molecule has 0 saturated carbocycles. The minimum atomic E-state index is -4.49. The van der Waals surface area contributed by atoms with Crippen LogP contribution in [-0.4, -0.2) is 35.8 Å². The molecule has 0 bridgehead atoms. The number of nitrogens with one attached hydrogen (secondary N) is 1. The summed E-state index contributed by atoms with van der Waals surface area (Å²) in [7, 11) is -4.24. The van der Waals surface area contributed by atoms with Crippen LogP contribution in [0.4, 0.5) is 17.6 Å². The summed E-state index contributed by atoms with van der Waals surface area (Å²) in [4.78, 5) is 26.4. The second-order valence-electron chi connectivity index (χ2n) is 10.4. The van der Waals surface area contributed by atoms with Gasteiger partial charge in [0.05, 0.1) is 5.56 Å². The number of hydrogen-bond acceptors (Lipinski definition) is 5. The van der Waals surface area contributed by atoms with E-state index < -0.39 is 50.2 Å². The van der Waals surface area contributed by atoms with Crippen LogP contribution in [0.1, 0.15) is 43.9 Å². The molecule has 222 valence electrons. The number of furan rings is 1. The largest absolute Gasteiger partial charge is 0.443 e. The topological polar surface area (TPSA) is 102 Å². The first-order chi connectivity index (χ1) is 19.8. The van der Waals surface area contributed by atoms with Gasteiger partial charge in [-0.1, -0.05) is 12.1 Å². The van der Waals surface area contributed by atoms with Gasteiger partial charge in [0, 0.05) is 42.3 Å². The van der Waals surface area contributed by atoms with Crippen molar-refractivity contribution in [3.63, 3.8) is 0 Å². The Morgan fingerprint density at radius 1 is 1.07 bits per heavy atom. The number of halogens is 4. The SMILES string of the molecule is CC(C)n1cc(-c2ccc(C(F)(F)F)cc2)cc(CNC(=O)[C@@H]2CCCN2S(=O)(=O)c2cc3cc(F)ccc3o2)c1=O. The highest BCUT2D eigenvalue weighted by Crippen LogP contribution is 2.32. The predicted octanol–water partition coefficient (Wildman–Crippen LogP) is 5.47. The van der Waals surface area contributed by atoms with Crippen molar-refractivity contribution in [2.75, 3.05) is 6.54 Å². The summed E-state index contributed by atoms with van der Waals surface area (Å²) in [6.45, 7) is 3.38. The summed E-state index contributed by atoms with van der Waals surface area (Å²) in [5, 5.41) is 2.51. The minimum Gasteiger partial charge on any atom is -0.443 e. The molecule has 1 saturated heterocycles. The number of nitrogens with zero attached hydrogens (tertiary/aromatic N) is 2. The molecule has 1 atom stereocenters. The van der Waals surface area contributed by atoms with Crippen LogP contribution in [0.15, 0.2) is 75.1 Å². The van der Waals surface area contributed by atoms with Crippen molar-refractivity contribution < 1.29 is 35.2 Å². The van der Waals surface area contributed by atoms with Crippen LogP contribution in [0, 0.1) is 5.82 Å². The quantitative estimate of drug-likeness (QED) is 0.282. The number of pyridine rings is 1. The van der Waals surface area contributed by atoms with E-state index in [1.54, 1.807) is 20.0 Å². The van der Waals surface area contributed by atoms with E-state index in [9.17, 15) is 35.6 Å². The van der Waals surface area contributed by atoms with Gasteiger partial charge in [-0.15, -0.1) is 0 Å². The second kappa shape index (κ2) is 11.0. The molecule has 1 fully saturated rings. The number of aromatic nitrogens is 1. The van der Waals surface area contributed by atoms with Crippen LogP contribution in [0.2, 0.25) is 0 Å². The average Bonchev–Trinajstić information content (AvgIpc) is 3.60. The van der Waals surface area contributed by atoms with Gasteiger partial charge in [-0.25, -0.2) is 12.8 Å². The normalized spacial score (nSPS) is 16.4. The molecule has 4 aromatic rings. The molecule has 1 aliphatic rings. The Morgan fingerprint density at radius 2 is 1.79 bits per heavy atom. The lowest BCUT2D eigenvalue weighted by Gasteiger charge is -2.22. The van der Waals surface area contributed by atoms with Crippen molar-refractivity contribution in [2.45, 2.75) is 56.6 Å². The first-order valence-corrected chi connectivity index (χ1v) is 14.6. The maximum atomic E-state index is 13.6. The summed E-state index contributed by atoms with van der Waals surface area (Å²) < 4.78 is 87.3. The Morgan fingerprint density at radius 3 is 2.45 bits per heavy atom. The highest BCUT2D eigenvalue weighted by molar-refractivity contribution is 7.89. The molecule has 3 heterocycles. The number of fused-ring (bicyclic) bond motifs is 1. The second-order valence-corrected chi connectivity index (χ2v) is 12.2. The summed E-state index contributed by atoms with van der Waals surface area (Å²) in [5.74, 6) is -1.17. The molecule has 2 aromatic carbocycles. The molecule has 1 aliphatic heterocycles. The van der Waals surface area contributed by atoms with E-state index in [1.165, 1.54) is 34.9 Å². The lowest BCUT2D eigenvalue weighted by molar-refractivity contribution is -0.137. The third kappa shape index (κ3) is 5.71. The first-order valence-electron chi connectivity index (χ1n) is 13.2. The summed E-state index contributed by atoms with van der Waals surface area (Å²) in [6, 6.07) is 9.50. The maximum Gasteiger partial charge on any atom is 0.416 e. The molecule has 0 radical (unpaired) electrons. The molecule has 0 spiro atoms. The standard InChI is InChI=1S/C29H27F4N3O5S/c1-17(2)35-16-21(18-5-7-22(8-6-18)29(31,32)33)12-20(28(35)38)15-34-27(37)24-4-3-11-36(24)42(39,40)26-14-19-13-23(30)9-10-25(19)41-26/h5-10,12-14,16-17,24H,3-4,11,15H2,1-2H3,(H,34,37)/t24-/m0/s1. The van der Waals surface area contributed by atoms with Crippen LogP contribution in [0.25, 0.3) is 22.1 Å². The van der Waals surface area contributed by atoms with Gasteiger partial charge in [-0.05, 0) is 74.2 Å². The van der Waals surface area contributed by atoms with Crippen LogP contribution in [0.5, 0.6) is 0 Å². The third-order valence-electron chi connectivity index (χ3n) is 7.20. The smallest absolute Gasteiger partial charge is 0.416 e. The van der Waals surface area contributed by atoms with Gasteiger partial charge in [0.2, 0.25) is 11.0 Å².